The molecule has 0 bridgehead atoms. The molecule has 1 saturated heterocycles. The van der Waals surface area contributed by atoms with Gasteiger partial charge in [0, 0.05) is 32.7 Å². The monoisotopic (exact) mass is 290 g/mol. The predicted octanol–water partition coefficient (Wildman–Crippen LogP) is 1.50. The fraction of sp³-hybridized carbons (Fsp3) is 0.562. The van der Waals surface area contributed by atoms with Gasteiger partial charge in [0.25, 0.3) is 0 Å². The first kappa shape index (κ1) is 15.8. The minimum absolute atomic E-state index is 0.000915. The molecule has 3 N–H and O–H groups in total. The molecule has 0 spiro atoms. The molecular weight excluding hydrogens is 264 g/mol. The fourth-order valence-electron chi connectivity index (χ4n) is 2.72. The summed E-state index contributed by atoms with van der Waals surface area (Å²) in [5.41, 5.74) is 8.43. The van der Waals surface area contributed by atoms with E-state index in [9.17, 15) is 0 Å². The number of nitrogens with zero attached hydrogens (tertiary/aromatic N) is 3. The number of oxime groups is 1. The van der Waals surface area contributed by atoms with Gasteiger partial charge in [-0.1, -0.05) is 36.3 Å². The Morgan fingerprint density at radius 2 is 1.76 bits per heavy atom. The summed E-state index contributed by atoms with van der Waals surface area (Å²) >= 11 is 0. The molecular formula is C16H26N4O. The van der Waals surface area contributed by atoms with E-state index in [1.165, 1.54) is 11.1 Å². The van der Waals surface area contributed by atoms with Gasteiger partial charge in [-0.2, -0.15) is 0 Å². The molecule has 0 aliphatic carbocycles. The second-order valence-corrected chi connectivity index (χ2v) is 5.68. The highest BCUT2D eigenvalue weighted by Crippen LogP contribution is 2.12. The van der Waals surface area contributed by atoms with Crippen LogP contribution < -0.4 is 5.73 Å². The van der Waals surface area contributed by atoms with Gasteiger partial charge in [0.05, 0.1) is 6.04 Å². The van der Waals surface area contributed by atoms with Crippen molar-refractivity contribution in [1.29, 1.82) is 0 Å². The first-order valence-electron chi connectivity index (χ1n) is 7.65. The Hall–Kier alpha value is -1.59. The van der Waals surface area contributed by atoms with Crippen LogP contribution >= 0.6 is 0 Å². The third-order valence-corrected chi connectivity index (χ3v) is 4.34. The van der Waals surface area contributed by atoms with Crippen molar-refractivity contribution in [2.45, 2.75) is 32.9 Å². The number of nitrogens with two attached hydrogens (primary N) is 1. The summed E-state index contributed by atoms with van der Waals surface area (Å²) in [5.74, 6) is 0.290. The Labute approximate surface area is 127 Å². The Morgan fingerprint density at radius 1 is 1.19 bits per heavy atom. The van der Waals surface area contributed by atoms with E-state index in [4.69, 9.17) is 10.9 Å². The zero-order chi connectivity index (χ0) is 15.2. The summed E-state index contributed by atoms with van der Waals surface area (Å²) < 4.78 is 0. The van der Waals surface area contributed by atoms with E-state index >= 15 is 0 Å². The van der Waals surface area contributed by atoms with Crippen LogP contribution in [-0.2, 0) is 13.0 Å². The number of hydrogen-bond donors (Lipinski definition) is 2. The number of benzene rings is 1. The van der Waals surface area contributed by atoms with Crippen molar-refractivity contribution >= 4 is 5.84 Å². The number of piperazine rings is 1. The summed E-state index contributed by atoms with van der Waals surface area (Å²) in [5, 5.41) is 11.9. The van der Waals surface area contributed by atoms with Crippen LogP contribution in [0.15, 0.2) is 29.4 Å². The average Bonchev–Trinajstić information content (AvgIpc) is 2.55. The van der Waals surface area contributed by atoms with Crippen LogP contribution in [0.25, 0.3) is 0 Å². The molecule has 0 amide bonds. The summed E-state index contributed by atoms with van der Waals surface area (Å²) in [6.07, 6.45) is 1.09. The number of hydrogen-bond acceptors (Lipinski definition) is 4. The van der Waals surface area contributed by atoms with E-state index in [2.05, 4.69) is 46.1 Å². The fourth-order valence-corrected chi connectivity index (χ4v) is 2.72. The van der Waals surface area contributed by atoms with E-state index in [1.54, 1.807) is 0 Å². The van der Waals surface area contributed by atoms with Crippen molar-refractivity contribution in [2.24, 2.45) is 10.9 Å². The largest absolute Gasteiger partial charge is 0.409 e. The molecule has 1 aliphatic rings. The lowest BCUT2D eigenvalue weighted by Gasteiger charge is -2.37. The minimum atomic E-state index is 0.000915. The maximum atomic E-state index is 8.75. The first-order chi connectivity index (χ1) is 10.1. The van der Waals surface area contributed by atoms with Gasteiger partial charge in [0.15, 0.2) is 5.84 Å². The molecule has 116 valence electrons. The summed E-state index contributed by atoms with van der Waals surface area (Å²) in [7, 11) is 0. The van der Waals surface area contributed by atoms with Gasteiger partial charge in [-0.25, -0.2) is 0 Å². The van der Waals surface area contributed by atoms with E-state index in [0.717, 1.165) is 39.1 Å². The van der Waals surface area contributed by atoms with Crippen molar-refractivity contribution in [3.05, 3.63) is 35.4 Å². The molecule has 2 rings (SSSR count). The molecule has 0 aromatic heterocycles. The molecule has 1 fully saturated rings. The van der Waals surface area contributed by atoms with Gasteiger partial charge in [-0.05, 0) is 24.5 Å². The van der Waals surface area contributed by atoms with Gasteiger partial charge in [-0.15, -0.1) is 0 Å². The molecule has 1 aromatic rings. The lowest BCUT2D eigenvalue weighted by molar-refractivity contribution is 0.116. The third-order valence-electron chi connectivity index (χ3n) is 4.34. The Balaban J connectivity index is 1.83. The lowest BCUT2D eigenvalue weighted by atomic mass is 10.1. The van der Waals surface area contributed by atoms with Crippen molar-refractivity contribution in [3.8, 4) is 0 Å². The average molecular weight is 290 g/mol. The third kappa shape index (κ3) is 4.19. The standard InChI is InChI=1S/C16H26N4O/c1-3-14-4-6-15(7-5-14)12-19-8-10-20(11-9-19)13(2)16(17)18-21/h4-7,13,21H,3,8-12H2,1-2H3,(H2,17,18). The Bertz CT molecular complexity index is 464. The van der Waals surface area contributed by atoms with Gasteiger partial charge in [0.1, 0.15) is 0 Å². The summed E-state index contributed by atoms with van der Waals surface area (Å²) in [6.45, 7) is 9.08. The van der Waals surface area contributed by atoms with Crippen LogP contribution in [-0.4, -0.2) is 53.1 Å². The molecule has 1 heterocycles. The molecule has 5 nitrogen and oxygen atoms in total. The van der Waals surface area contributed by atoms with Crippen LogP contribution in [0, 0.1) is 0 Å². The van der Waals surface area contributed by atoms with E-state index in [1.807, 2.05) is 6.92 Å². The lowest BCUT2D eigenvalue weighted by Crippen LogP contribution is -2.52. The quantitative estimate of drug-likeness (QED) is 0.373. The van der Waals surface area contributed by atoms with Crippen LogP contribution in [0.5, 0.6) is 0 Å². The van der Waals surface area contributed by atoms with Crippen LogP contribution in [0.3, 0.4) is 0 Å². The number of amidine groups is 1. The predicted molar refractivity (Wildman–Crippen MR) is 85.5 cm³/mol. The maximum absolute atomic E-state index is 8.75. The molecule has 1 aliphatic heterocycles. The van der Waals surface area contributed by atoms with Gasteiger partial charge >= 0.3 is 0 Å². The summed E-state index contributed by atoms with van der Waals surface area (Å²) in [4.78, 5) is 4.71. The van der Waals surface area contributed by atoms with Crippen LogP contribution in [0.1, 0.15) is 25.0 Å². The second-order valence-electron chi connectivity index (χ2n) is 5.68. The zero-order valence-corrected chi connectivity index (χ0v) is 13.0. The molecule has 0 saturated carbocycles. The normalized spacial score (nSPS) is 19.6. The highest BCUT2D eigenvalue weighted by atomic mass is 16.4. The Kier molecular flexibility index (Phi) is 5.59. The Morgan fingerprint density at radius 3 is 2.29 bits per heavy atom. The number of rotatable bonds is 5. The minimum Gasteiger partial charge on any atom is -0.409 e. The van der Waals surface area contributed by atoms with Crippen molar-refractivity contribution < 1.29 is 5.21 Å². The SMILES string of the molecule is CCc1ccc(CN2CCN(C(C)C(N)=NO)CC2)cc1. The van der Waals surface area contributed by atoms with Crippen molar-refractivity contribution in [3.63, 3.8) is 0 Å². The maximum Gasteiger partial charge on any atom is 0.156 e. The molecule has 1 unspecified atom stereocenters. The topological polar surface area (TPSA) is 65.1 Å². The second kappa shape index (κ2) is 7.43. The van der Waals surface area contributed by atoms with E-state index in [0.29, 0.717) is 5.84 Å². The van der Waals surface area contributed by atoms with E-state index in [-0.39, 0.29) is 6.04 Å². The molecule has 0 radical (unpaired) electrons. The van der Waals surface area contributed by atoms with Crippen molar-refractivity contribution in [1.82, 2.24) is 9.80 Å². The summed E-state index contributed by atoms with van der Waals surface area (Å²) in [6, 6.07) is 8.88. The van der Waals surface area contributed by atoms with Crippen LogP contribution in [0.4, 0.5) is 0 Å². The zero-order valence-electron chi connectivity index (χ0n) is 13.0. The van der Waals surface area contributed by atoms with Gasteiger partial charge in [0.2, 0.25) is 0 Å². The molecule has 1 atom stereocenters. The highest BCUT2D eigenvalue weighted by Gasteiger charge is 2.23. The highest BCUT2D eigenvalue weighted by molar-refractivity contribution is 5.84. The van der Waals surface area contributed by atoms with E-state index < -0.39 is 0 Å². The smallest absolute Gasteiger partial charge is 0.156 e. The van der Waals surface area contributed by atoms with Crippen molar-refractivity contribution in [2.75, 3.05) is 26.2 Å². The van der Waals surface area contributed by atoms with Crippen LogP contribution in [0.2, 0.25) is 0 Å². The molecule has 5 heteroatoms. The van der Waals surface area contributed by atoms with Gasteiger partial charge < -0.3 is 10.9 Å². The van der Waals surface area contributed by atoms with Gasteiger partial charge in [-0.3, -0.25) is 9.80 Å². The number of aryl methyl sites for hydroxylation is 1. The molecule has 21 heavy (non-hydrogen) atoms. The first-order valence-corrected chi connectivity index (χ1v) is 7.65. The molecule has 1 aromatic carbocycles.